The lowest BCUT2D eigenvalue weighted by Gasteiger charge is -2.07. The van der Waals surface area contributed by atoms with Crippen LogP contribution in [-0.2, 0) is 13.6 Å². The van der Waals surface area contributed by atoms with Gasteiger partial charge in [-0.25, -0.2) is 4.79 Å². The Labute approximate surface area is 120 Å². The van der Waals surface area contributed by atoms with Crippen molar-refractivity contribution >= 4 is 27.8 Å². The number of carbonyl (C=O) groups excluding carboxylic acids is 1. The van der Waals surface area contributed by atoms with Gasteiger partial charge >= 0.3 is 6.03 Å². The second-order valence-electron chi connectivity index (χ2n) is 4.19. The molecule has 2 rings (SSSR count). The number of hydrogen-bond acceptors (Lipinski definition) is 2. The number of amides is 2. The quantitative estimate of drug-likeness (QED) is 0.912. The Bertz CT molecular complexity index is 575. The van der Waals surface area contributed by atoms with Crippen molar-refractivity contribution in [2.24, 2.45) is 7.05 Å². The summed E-state index contributed by atoms with van der Waals surface area (Å²) in [6.07, 6.45) is 0. The fraction of sp³-hybridized carbons (Fsp3) is 0.231. The van der Waals surface area contributed by atoms with E-state index in [1.807, 2.05) is 44.3 Å². The minimum atomic E-state index is -0.270. The molecule has 1 heterocycles. The van der Waals surface area contributed by atoms with Gasteiger partial charge in [0, 0.05) is 29.8 Å². The molecule has 0 unspecified atom stereocenters. The molecule has 0 spiro atoms. The first-order valence-corrected chi connectivity index (χ1v) is 6.64. The Morgan fingerprint density at radius 1 is 1.42 bits per heavy atom. The third kappa shape index (κ3) is 3.57. The Kier molecular flexibility index (Phi) is 4.21. The van der Waals surface area contributed by atoms with E-state index in [1.54, 1.807) is 4.68 Å². The third-order valence-corrected chi connectivity index (χ3v) is 3.53. The molecule has 2 amide bonds. The summed E-state index contributed by atoms with van der Waals surface area (Å²) in [4.78, 5) is 11.7. The number of carbonyl (C=O) groups is 1. The van der Waals surface area contributed by atoms with Gasteiger partial charge in [-0.15, -0.1) is 0 Å². The number of nitrogens with zero attached hydrogens (tertiary/aromatic N) is 2. The highest BCUT2D eigenvalue weighted by molar-refractivity contribution is 9.10. The first kappa shape index (κ1) is 13.6. The molecular weight excluding hydrogens is 308 g/mol. The average Bonchev–Trinajstić information content (AvgIpc) is 2.67. The summed E-state index contributed by atoms with van der Waals surface area (Å²) in [5, 5.41) is 9.64. The van der Waals surface area contributed by atoms with Crippen LogP contribution in [0.15, 0.2) is 34.8 Å². The maximum absolute atomic E-state index is 11.7. The standard InChI is InChI=1S/C13H15BrN4O/c1-9-7-12(17-18(9)2)16-13(19)15-8-10-5-3-4-6-11(10)14/h3-7H,8H2,1-2H3,(H2,15,16,17,19). The Hall–Kier alpha value is -1.82. The summed E-state index contributed by atoms with van der Waals surface area (Å²) >= 11 is 3.44. The monoisotopic (exact) mass is 322 g/mol. The van der Waals surface area contributed by atoms with E-state index < -0.39 is 0 Å². The van der Waals surface area contributed by atoms with Crippen LogP contribution in [-0.4, -0.2) is 15.8 Å². The van der Waals surface area contributed by atoms with E-state index in [0.717, 1.165) is 15.7 Å². The van der Waals surface area contributed by atoms with Gasteiger partial charge in [0.2, 0.25) is 0 Å². The summed E-state index contributed by atoms with van der Waals surface area (Å²) in [7, 11) is 1.83. The lowest BCUT2D eigenvalue weighted by Crippen LogP contribution is -2.28. The van der Waals surface area contributed by atoms with Crippen LogP contribution in [0.1, 0.15) is 11.3 Å². The second kappa shape index (κ2) is 5.88. The molecule has 0 radical (unpaired) electrons. The van der Waals surface area contributed by atoms with Crippen LogP contribution in [0.5, 0.6) is 0 Å². The van der Waals surface area contributed by atoms with E-state index in [1.165, 1.54) is 0 Å². The van der Waals surface area contributed by atoms with Gasteiger partial charge in [-0.1, -0.05) is 34.1 Å². The molecule has 2 N–H and O–H groups in total. The fourth-order valence-corrected chi connectivity index (χ4v) is 2.02. The topological polar surface area (TPSA) is 59.0 Å². The maximum atomic E-state index is 11.7. The minimum absolute atomic E-state index is 0.270. The number of hydrogen-bond donors (Lipinski definition) is 2. The van der Waals surface area contributed by atoms with Crippen molar-refractivity contribution in [1.29, 1.82) is 0 Å². The van der Waals surface area contributed by atoms with E-state index in [2.05, 4.69) is 31.7 Å². The lowest BCUT2D eigenvalue weighted by molar-refractivity contribution is 0.251. The summed E-state index contributed by atoms with van der Waals surface area (Å²) in [6, 6.07) is 9.31. The molecule has 1 aromatic carbocycles. The van der Waals surface area contributed by atoms with Crippen LogP contribution in [0.4, 0.5) is 10.6 Å². The summed E-state index contributed by atoms with van der Waals surface area (Å²) in [5.74, 6) is 0.546. The third-order valence-electron chi connectivity index (χ3n) is 2.75. The molecule has 0 fully saturated rings. The van der Waals surface area contributed by atoms with Crippen molar-refractivity contribution in [3.8, 4) is 0 Å². The SMILES string of the molecule is Cc1cc(NC(=O)NCc2ccccc2Br)nn1C. The zero-order chi connectivity index (χ0) is 13.8. The van der Waals surface area contributed by atoms with Crippen molar-refractivity contribution in [3.05, 3.63) is 46.1 Å². The van der Waals surface area contributed by atoms with Crippen LogP contribution in [0.2, 0.25) is 0 Å². The molecule has 0 aliphatic rings. The van der Waals surface area contributed by atoms with Crippen LogP contribution < -0.4 is 10.6 Å². The van der Waals surface area contributed by atoms with Gasteiger partial charge < -0.3 is 5.32 Å². The van der Waals surface area contributed by atoms with E-state index in [-0.39, 0.29) is 6.03 Å². The lowest BCUT2D eigenvalue weighted by atomic mass is 10.2. The van der Waals surface area contributed by atoms with Crippen LogP contribution in [0, 0.1) is 6.92 Å². The molecule has 0 aliphatic carbocycles. The largest absolute Gasteiger partial charge is 0.334 e. The first-order chi connectivity index (χ1) is 9.06. The first-order valence-electron chi connectivity index (χ1n) is 5.85. The average molecular weight is 323 g/mol. The molecule has 0 saturated heterocycles. The van der Waals surface area contributed by atoms with Gasteiger partial charge in [-0.05, 0) is 18.6 Å². The number of benzene rings is 1. The highest BCUT2D eigenvalue weighted by Crippen LogP contribution is 2.15. The van der Waals surface area contributed by atoms with Gasteiger partial charge in [0.05, 0.1) is 0 Å². The maximum Gasteiger partial charge on any atom is 0.320 e. The Balaban J connectivity index is 1.90. The zero-order valence-corrected chi connectivity index (χ0v) is 12.4. The zero-order valence-electron chi connectivity index (χ0n) is 10.8. The molecule has 0 saturated carbocycles. The smallest absolute Gasteiger partial charge is 0.320 e. The van der Waals surface area contributed by atoms with Crippen molar-refractivity contribution in [3.63, 3.8) is 0 Å². The normalized spacial score (nSPS) is 10.3. The van der Waals surface area contributed by atoms with Gasteiger partial charge in [-0.3, -0.25) is 10.00 Å². The molecule has 100 valence electrons. The summed E-state index contributed by atoms with van der Waals surface area (Å²) in [5.41, 5.74) is 2.01. The number of anilines is 1. The van der Waals surface area contributed by atoms with Crippen LogP contribution in [0.3, 0.4) is 0 Å². The highest BCUT2D eigenvalue weighted by atomic mass is 79.9. The van der Waals surface area contributed by atoms with E-state index >= 15 is 0 Å². The van der Waals surface area contributed by atoms with Gasteiger partial charge in [0.1, 0.15) is 0 Å². The Morgan fingerprint density at radius 3 is 2.79 bits per heavy atom. The number of aromatic nitrogens is 2. The van der Waals surface area contributed by atoms with Gasteiger partial charge in [0.25, 0.3) is 0 Å². The molecule has 0 aliphatic heterocycles. The highest BCUT2D eigenvalue weighted by Gasteiger charge is 2.06. The number of urea groups is 1. The number of aryl methyl sites for hydroxylation is 2. The summed E-state index contributed by atoms with van der Waals surface area (Å²) in [6.45, 7) is 2.39. The van der Waals surface area contributed by atoms with Crippen molar-refractivity contribution in [1.82, 2.24) is 15.1 Å². The molecule has 1 aromatic heterocycles. The van der Waals surface area contributed by atoms with Gasteiger partial charge in [0.15, 0.2) is 5.82 Å². The predicted octanol–water partition coefficient (Wildman–Crippen LogP) is 2.81. The van der Waals surface area contributed by atoms with Crippen LogP contribution >= 0.6 is 15.9 Å². The van der Waals surface area contributed by atoms with Crippen LogP contribution in [0.25, 0.3) is 0 Å². The number of rotatable bonds is 3. The predicted molar refractivity (Wildman–Crippen MR) is 77.9 cm³/mol. The van der Waals surface area contributed by atoms with Crippen molar-refractivity contribution in [2.45, 2.75) is 13.5 Å². The molecule has 0 bridgehead atoms. The molecule has 19 heavy (non-hydrogen) atoms. The number of nitrogens with one attached hydrogen (secondary N) is 2. The molecule has 2 aromatic rings. The molecule has 6 heteroatoms. The second-order valence-corrected chi connectivity index (χ2v) is 5.05. The fourth-order valence-electron chi connectivity index (χ4n) is 1.60. The van der Waals surface area contributed by atoms with Gasteiger partial charge in [-0.2, -0.15) is 5.10 Å². The van der Waals surface area contributed by atoms with E-state index in [4.69, 9.17) is 0 Å². The van der Waals surface area contributed by atoms with Crippen molar-refractivity contribution < 1.29 is 4.79 Å². The summed E-state index contributed by atoms with van der Waals surface area (Å²) < 4.78 is 2.69. The molecule has 0 atom stereocenters. The minimum Gasteiger partial charge on any atom is -0.334 e. The van der Waals surface area contributed by atoms with E-state index in [0.29, 0.717) is 12.4 Å². The number of halogens is 1. The Morgan fingerprint density at radius 2 is 2.16 bits per heavy atom. The molecular formula is C13H15BrN4O. The molecule has 5 nitrogen and oxygen atoms in total. The van der Waals surface area contributed by atoms with E-state index in [9.17, 15) is 4.79 Å². The van der Waals surface area contributed by atoms with Crippen molar-refractivity contribution in [2.75, 3.05) is 5.32 Å².